The van der Waals surface area contributed by atoms with Crippen LogP contribution in [-0.2, 0) is 4.79 Å². The lowest BCUT2D eigenvalue weighted by molar-refractivity contribution is -0.235. The summed E-state index contributed by atoms with van der Waals surface area (Å²) in [5, 5.41) is 18.1. The summed E-state index contributed by atoms with van der Waals surface area (Å²) in [4.78, 5) is 11.2. The molecule has 0 aromatic rings. The Morgan fingerprint density at radius 1 is 1.60 bits per heavy atom. The number of carbonyl (C=O) groups excluding carboxylic acids is 1. The third-order valence-corrected chi connectivity index (χ3v) is 2.42. The van der Waals surface area contributed by atoms with Crippen molar-refractivity contribution in [3.8, 4) is 0 Å². The Kier molecular flexibility index (Phi) is 2.18. The lowest BCUT2D eigenvalue weighted by atomic mass is 10.4. The van der Waals surface area contributed by atoms with E-state index in [4.69, 9.17) is 10.2 Å². The van der Waals surface area contributed by atoms with E-state index in [1.165, 1.54) is 11.8 Å². The van der Waals surface area contributed by atoms with Crippen LogP contribution in [0.15, 0.2) is 0 Å². The Morgan fingerprint density at radius 2 is 2.30 bits per heavy atom. The molecule has 2 N–H and O–H groups in total. The molecule has 0 aromatic heterocycles. The summed E-state index contributed by atoms with van der Waals surface area (Å²) in [5.74, 6) is -0.988. The second-order valence-corrected chi connectivity index (χ2v) is 3.23. The van der Waals surface area contributed by atoms with Crippen LogP contribution in [0.5, 0.6) is 0 Å². The highest BCUT2D eigenvalue weighted by molar-refractivity contribution is 7.99. The molecule has 58 valence electrons. The van der Waals surface area contributed by atoms with Gasteiger partial charge in [-0.25, -0.2) is 0 Å². The minimum absolute atomic E-state index is 0.172. The molecule has 0 spiro atoms. The largest absolute Gasteiger partial charge is 0.348 e. The second kappa shape index (κ2) is 2.77. The SMILES string of the molecule is O=CN1CCSCC1(O)O. The minimum atomic E-state index is -1.93. The Balaban J connectivity index is 2.59. The predicted molar refractivity (Wildman–Crippen MR) is 37.3 cm³/mol. The maximum Gasteiger partial charge on any atom is 0.258 e. The van der Waals surface area contributed by atoms with Crippen molar-refractivity contribution in [2.75, 3.05) is 18.1 Å². The van der Waals surface area contributed by atoms with Gasteiger partial charge in [0.15, 0.2) is 0 Å². The monoisotopic (exact) mass is 163 g/mol. The van der Waals surface area contributed by atoms with Crippen molar-refractivity contribution in [1.82, 2.24) is 4.90 Å². The third-order valence-electron chi connectivity index (χ3n) is 1.36. The van der Waals surface area contributed by atoms with Gasteiger partial charge in [-0.2, -0.15) is 11.8 Å². The topological polar surface area (TPSA) is 60.8 Å². The molecule has 0 radical (unpaired) electrons. The van der Waals surface area contributed by atoms with E-state index < -0.39 is 5.91 Å². The third kappa shape index (κ3) is 1.42. The van der Waals surface area contributed by atoms with Gasteiger partial charge >= 0.3 is 0 Å². The summed E-state index contributed by atoms with van der Waals surface area (Å²) in [6.45, 7) is 0.404. The Morgan fingerprint density at radius 3 is 2.70 bits per heavy atom. The predicted octanol–water partition coefficient (Wildman–Crippen LogP) is -1.17. The number of nitrogens with zero attached hydrogens (tertiary/aromatic N) is 1. The van der Waals surface area contributed by atoms with Crippen LogP contribution < -0.4 is 0 Å². The fourth-order valence-electron chi connectivity index (χ4n) is 0.771. The Labute approximate surface area is 62.8 Å². The molecule has 0 bridgehead atoms. The highest BCUT2D eigenvalue weighted by Crippen LogP contribution is 2.19. The van der Waals surface area contributed by atoms with Crippen LogP contribution >= 0.6 is 11.8 Å². The number of amides is 1. The van der Waals surface area contributed by atoms with Crippen molar-refractivity contribution >= 4 is 18.2 Å². The molecule has 10 heavy (non-hydrogen) atoms. The molecule has 0 unspecified atom stereocenters. The lowest BCUT2D eigenvalue weighted by Crippen LogP contribution is -2.53. The van der Waals surface area contributed by atoms with Crippen molar-refractivity contribution in [2.45, 2.75) is 5.91 Å². The number of aliphatic hydroxyl groups is 2. The van der Waals surface area contributed by atoms with Crippen molar-refractivity contribution in [1.29, 1.82) is 0 Å². The van der Waals surface area contributed by atoms with Gasteiger partial charge in [0.2, 0.25) is 6.41 Å². The summed E-state index contributed by atoms with van der Waals surface area (Å²) < 4.78 is 0. The Bertz CT molecular complexity index is 139. The number of hydrogen-bond donors (Lipinski definition) is 2. The van der Waals surface area contributed by atoms with Gasteiger partial charge in [-0.1, -0.05) is 0 Å². The van der Waals surface area contributed by atoms with Gasteiger partial charge in [-0.3, -0.25) is 9.69 Å². The molecule has 0 aliphatic carbocycles. The maximum absolute atomic E-state index is 10.2. The first-order chi connectivity index (χ1) is 4.67. The van der Waals surface area contributed by atoms with E-state index in [0.29, 0.717) is 13.0 Å². The fraction of sp³-hybridized carbons (Fsp3) is 0.800. The first kappa shape index (κ1) is 7.84. The molecular formula is C5H9NO3S. The van der Waals surface area contributed by atoms with E-state index in [9.17, 15) is 4.79 Å². The van der Waals surface area contributed by atoms with Gasteiger partial charge < -0.3 is 10.2 Å². The van der Waals surface area contributed by atoms with E-state index in [0.717, 1.165) is 10.7 Å². The smallest absolute Gasteiger partial charge is 0.258 e. The van der Waals surface area contributed by atoms with Gasteiger partial charge in [0, 0.05) is 12.3 Å². The minimum Gasteiger partial charge on any atom is -0.348 e. The normalized spacial score (nSPS) is 24.4. The van der Waals surface area contributed by atoms with Gasteiger partial charge in [0.1, 0.15) is 0 Å². The number of rotatable bonds is 1. The van der Waals surface area contributed by atoms with Crippen molar-refractivity contribution < 1.29 is 15.0 Å². The molecular weight excluding hydrogens is 154 g/mol. The van der Waals surface area contributed by atoms with Crippen molar-refractivity contribution in [2.24, 2.45) is 0 Å². The van der Waals surface area contributed by atoms with Gasteiger partial charge in [0.05, 0.1) is 5.75 Å². The van der Waals surface area contributed by atoms with Gasteiger partial charge in [-0.05, 0) is 0 Å². The van der Waals surface area contributed by atoms with E-state index in [1.807, 2.05) is 0 Å². The van der Waals surface area contributed by atoms with Crippen LogP contribution in [0.1, 0.15) is 0 Å². The zero-order valence-electron chi connectivity index (χ0n) is 5.36. The molecule has 1 aliphatic heterocycles. The summed E-state index contributed by atoms with van der Waals surface area (Å²) in [6, 6.07) is 0. The first-order valence-corrected chi connectivity index (χ1v) is 4.07. The fourth-order valence-corrected chi connectivity index (χ4v) is 1.68. The lowest BCUT2D eigenvalue weighted by Gasteiger charge is -2.35. The van der Waals surface area contributed by atoms with Crippen LogP contribution in [-0.4, -0.2) is 45.5 Å². The molecule has 1 rings (SSSR count). The van der Waals surface area contributed by atoms with E-state index in [1.54, 1.807) is 0 Å². The molecule has 1 amide bonds. The van der Waals surface area contributed by atoms with Crippen LogP contribution in [0.3, 0.4) is 0 Å². The zero-order chi connectivity index (χ0) is 7.61. The molecule has 4 nitrogen and oxygen atoms in total. The van der Waals surface area contributed by atoms with E-state index >= 15 is 0 Å². The number of thioether (sulfide) groups is 1. The summed E-state index contributed by atoms with van der Waals surface area (Å²) in [5.41, 5.74) is 0. The molecule has 0 saturated carbocycles. The molecule has 1 heterocycles. The maximum atomic E-state index is 10.2. The Hall–Kier alpha value is -0.260. The summed E-state index contributed by atoms with van der Waals surface area (Å²) in [7, 11) is 0. The van der Waals surface area contributed by atoms with Gasteiger partial charge in [-0.15, -0.1) is 0 Å². The first-order valence-electron chi connectivity index (χ1n) is 2.91. The van der Waals surface area contributed by atoms with E-state index in [-0.39, 0.29) is 5.75 Å². The highest BCUT2D eigenvalue weighted by atomic mass is 32.2. The standard InChI is InChI=1S/C5H9NO3S/c7-4-6-1-2-10-3-5(6,8)9/h4,8-9H,1-3H2. The average Bonchev–Trinajstić information content (AvgIpc) is 1.87. The second-order valence-electron chi connectivity index (χ2n) is 2.13. The zero-order valence-corrected chi connectivity index (χ0v) is 6.17. The molecule has 5 heteroatoms. The highest BCUT2D eigenvalue weighted by Gasteiger charge is 2.33. The molecule has 0 atom stereocenters. The summed E-state index contributed by atoms with van der Waals surface area (Å²) >= 11 is 1.42. The van der Waals surface area contributed by atoms with Crippen molar-refractivity contribution in [3.63, 3.8) is 0 Å². The quantitative estimate of drug-likeness (QED) is 0.378. The summed E-state index contributed by atoms with van der Waals surface area (Å²) in [6.07, 6.45) is 0.458. The number of carbonyl (C=O) groups is 1. The van der Waals surface area contributed by atoms with Crippen LogP contribution in [0.4, 0.5) is 0 Å². The molecule has 1 fully saturated rings. The van der Waals surface area contributed by atoms with Crippen LogP contribution in [0.25, 0.3) is 0 Å². The number of hydrogen-bond acceptors (Lipinski definition) is 4. The molecule has 1 aliphatic rings. The van der Waals surface area contributed by atoms with Crippen LogP contribution in [0.2, 0.25) is 0 Å². The molecule has 0 aromatic carbocycles. The van der Waals surface area contributed by atoms with Crippen molar-refractivity contribution in [3.05, 3.63) is 0 Å². The van der Waals surface area contributed by atoms with Gasteiger partial charge in [0.25, 0.3) is 5.91 Å². The van der Waals surface area contributed by atoms with Crippen LogP contribution in [0, 0.1) is 0 Å². The average molecular weight is 163 g/mol. The van der Waals surface area contributed by atoms with E-state index in [2.05, 4.69) is 0 Å². The molecule has 1 saturated heterocycles.